The molecule has 2 atom stereocenters. The molecule has 0 spiro atoms. The molecule has 0 radical (unpaired) electrons. The first kappa shape index (κ1) is 6.34. The first-order valence-electron chi connectivity index (χ1n) is 3.52. The van der Waals surface area contributed by atoms with Crippen LogP contribution < -0.4 is 0 Å². The molecule has 1 unspecified atom stereocenters. The molecule has 0 aromatic carbocycles. The fourth-order valence-electron chi connectivity index (χ4n) is 1.53. The highest BCUT2D eigenvalue weighted by Gasteiger charge is 2.42. The molecule has 1 aliphatic rings. The molecule has 48 valence electrons. The van der Waals surface area contributed by atoms with Crippen molar-refractivity contribution in [2.45, 2.75) is 38.5 Å². The average Bonchev–Trinajstić information content (AvgIpc) is 2.13. The zero-order chi connectivity index (χ0) is 6.36. The molecule has 0 nitrogen and oxygen atoms in total. The Morgan fingerprint density at radius 2 is 1.62 bits per heavy atom. The second kappa shape index (κ2) is 1.60. The molecule has 0 aliphatic heterocycles. The van der Waals surface area contributed by atoms with Gasteiger partial charge in [-0.1, -0.05) is 26.6 Å². The Morgan fingerprint density at radius 3 is 1.62 bits per heavy atom. The van der Waals surface area contributed by atoms with Gasteiger partial charge in [-0.25, -0.2) is 0 Å². The van der Waals surface area contributed by atoms with E-state index >= 15 is 0 Å². The van der Waals surface area contributed by atoms with E-state index in [4.69, 9.17) is 0 Å². The number of hydrogen-bond acceptors (Lipinski definition) is 0. The lowest BCUT2D eigenvalue weighted by Gasteiger charge is -2.13. The van der Waals surface area contributed by atoms with Crippen LogP contribution in [-0.2, 0) is 0 Å². The van der Waals surface area contributed by atoms with Gasteiger partial charge in [0.1, 0.15) is 0 Å². The SMILES string of the molecule is CC1C[C@@H]1[Si](C)(C)C. The molecule has 1 saturated carbocycles. The third kappa shape index (κ3) is 1.13. The summed E-state index contributed by atoms with van der Waals surface area (Å²) in [7, 11) is -0.687. The van der Waals surface area contributed by atoms with E-state index in [2.05, 4.69) is 26.6 Å². The molecule has 0 heterocycles. The minimum absolute atomic E-state index is 0.687. The minimum atomic E-state index is -0.687. The molecule has 0 aromatic rings. The topological polar surface area (TPSA) is 0 Å². The van der Waals surface area contributed by atoms with Crippen molar-refractivity contribution in [3.63, 3.8) is 0 Å². The van der Waals surface area contributed by atoms with Gasteiger partial charge in [-0.2, -0.15) is 0 Å². The smallest absolute Gasteiger partial charge is 0.0476 e. The summed E-state index contributed by atoms with van der Waals surface area (Å²) in [4.78, 5) is 0. The fourth-order valence-corrected chi connectivity index (χ4v) is 4.32. The zero-order valence-electron chi connectivity index (χ0n) is 6.36. The van der Waals surface area contributed by atoms with Gasteiger partial charge in [0, 0.05) is 8.07 Å². The van der Waals surface area contributed by atoms with Crippen molar-refractivity contribution in [1.82, 2.24) is 0 Å². The zero-order valence-corrected chi connectivity index (χ0v) is 7.36. The van der Waals surface area contributed by atoms with Crippen molar-refractivity contribution in [3.05, 3.63) is 0 Å². The third-order valence-corrected chi connectivity index (χ3v) is 5.25. The molecule has 1 aliphatic carbocycles. The Morgan fingerprint density at radius 1 is 1.25 bits per heavy atom. The summed E-state index contributed by atoms with van der Waals surface area (Å²) in [6.45, 7) is 9.80. The lowest BCUT2D eigenvalue weighted by atomic mass is 10.5. The molecule has 1 rings (SSSR count). The normalized spacial score (nSPS) is 37.5. The van der Waals surface area contributed by atoms with Crippen LogP contribution in [0.3, 0.4) is 0 Å². The fraction of sp³-hybridized carbons (Fsp3) is 1.00. The predicted octanol–water partition coefficient (Wildman–Crippen LogP) is 2.73. The quantitative estimate of drug-likeness (QED) is 0.476. The predicted molar refractivity (Wildman–Crippen MR) is 40.9 cm³/mol. The summed E-state index contributed by atoms with van der Waals surface area (Å²) in [6, 6.07) is 0. The van der Waals surface area contributed by atoms with Crippen molar-refractivity contribution in [2.24, 2.45) is 5.92 Å². The van der Waals surface area contributed by atoms with E-state index in [0.717, 1.165) is 11.5 Å². The van der Waals surface area contributed by atoms with Gasteiger partial charge in [-0.15, -0.1) is 0 Å². The summed E-state index contributed by atoms with van der Waals surface area (Å²) < 4.78 is 0. The van der Waals surface area contributed by atoms with Crippen molar-refractivity contribution in [3.8, 4) is 0 Å². The highest BCUT2D eigenvalue weighted by molar-refractivity contribution is 6.78. The summed E-state index contributed by atoms with van der Waals surface area (Å²) in [6.07, 6.45) is 1.52. The maximum Gasteiger partial charge on any atom is 0.0476 e. The third-order valence-electron chi connectivity index (χ3n) is 2.22. The van der Waals surface area contributed by atoms with E-state index in [0.29, 0.717) is 0 Å². The molecule has 0 saturated heterocycles. The maximum atomic E-state index is 2.47. The lowest BCUT2D eigenvalue weighted by Crippen LogP contribution is -2.20. The van der Waals surface area contributed by atoms with Gasteiger partial charge in [-0.3, -0.25) is 0 Å². The molecular formula is C7H16Si. The van der Waals surface area contributed by atoms with Gasteiger partial charge in [0.15, 0.2) is 0 Å². The van der Waals surface area contributed by atoms with Gasteiger partial charge >= 0.3 is 0 Å². The van der Waals surface area contributed by atoms with E-state index < -0.39 is 8.07 Å². The first-order chi connectivity index (χ1) is 3.52. The van der Waals surface area contributed by atoms with Crippen molar-refractivity contribution >= 4 is 8.07 Å². The van der Waals surface area contributed by atoms with Gasteiger partial charge in [0.05, 0.1) is 0 Å². The van der Waals surface area contributed by atoms with Gasteiger partial charge in [0.2, 0.25) is 0 Å². The lowest BCUT2D eigenvalue weighted by molar-refractivity contribution is 0.968. The molecule has 0 amide bonds. The van der Waals surface area contributed by atoms with E-state index in [1.807, 2.05) is 0 Å². The Labute approximate surface area is 53.3 Å². The summed E-state index contributed by atoms with van der Waals surface area (Å²) >= 11 is 0. The van der Waals surface area contributed by atoms with Crippen LogP contribution in [0.15, 0.2) is 0 Å². The Kier molecular flexibility index (Phi) is 1.27. The largest absolute Gasteiger partial charge is 0.0693 e. The minimum Gasteiger partial charge on any atom is -0.0693 e. The Balaban J connectivity index is 2.39. The highest BCUT2D eigenvalue weighted by Crippen LogP contribution is 2.50. The van der Waals surface area contributed by atoms with Crippen LogP contribution in [0.25, 0.3) is 0 Å². The molecule has 0 bridgehead atoms. The molecule has 0 aromatic heterocycles. The summed E-state index contributed by atoms with van der Waals surface area (Å²) in [5.74, 6) is 1.07. The van der Waals surface area contributed by atoms with E-state index in [1.54, 1.807) is 0 Å². The van der Waals surface area contributed by atoms with E-state index in [9.17, 15) is 0 Å². The van der Waals surface area contributed by atoms with Crippen LogP contribution in [0.1, 0.15) is 13.3 Å². The second-order valence-corrected chi connectivity index (χ2v) is 9.66. The van der Waals surface area contributed by atoms with Gasteiger partial charge in [0.25, 0.3) is 0 Å². The van der Waals surface area contributed by atoms with Crippen LogP contribution in [0.5, 0.6) is 0 Å². The standard InChI is InChI=1S/C7H16Si/c1-6-5-7(6)8(2,3)4/h6-7H,5H2,1-4H3/t6?,7-/m0/s1. The number of hydrogen-bond donors (Lipinski definition) is 0. The van der Waals surface area contributed by atoms with Gasteiger partial charge in [-0.05, 0) is 17.9 Å². The molecule has 1 heteroatoms. The van der Waals surface area contributed by atoms with Crippen LogP contribution in [0, 0.1) is 5.92 Å². The highest BCUT2D eigenvalue weighted by atomic mass is 28.3. The van der Waals surface area contributed by atoms with Gasteiger partial charge < -0.3 is 0 Å². The van der Waals surface area contributed by atoms with Crippen molar-refractivity contribution < 1.29 is 0 Å². The molecule has 8 heavy (non-hydrogen) atoms. The first-order valence-corrected chi connectivity index (χ1v) is 7.09. The van der Waals surface area contributed by atoms with Crippen LogP contribution in [0.4, 0.5) is 0 Å². The maximum absolute atomic E-state index is 2.47. The molecule has 0 N–H and O–H groups in total. The number of rotatable bonds is 1. The molecular weight excluding hydrogens is 112 g/mol. The van der Waals surface area contributed by atoms with Crippen molar-refractivity contribution in [1.29, 1.82) is 0 Å². The Bertz CT molecular complexity index is 91.1. The van der Waals surface area contributed by atoms with Crippen LogP contribution >= 0.6 is 0 Å². The van der Waals surface area contributed by atoms with Crippen LogP contribution in [0.2, 0.25) is 25.2 Å². The molecule has 1 fully saturated rings. The van der Waals surface area contributed by atoms with Crippen LogP contribution in [-0.4, -0.2) is 8.07 Å². The monoisotopic (exact) mass is 128 g/mol. The Hall–Kier alpha value is 0.217. The summed E-state index contributed by atoms with van der Waals surface area (Å²) in [5.41, 5.74) is 1.16. The summed E-state index contributed by atoms with van der Waals surface area (Å²) in [5, 5.41) is 0. The van der Waals surface area contributed by atoms with Crippen molar-refractivity contribution in [2.75, 3.05) is 0 Å². The average molecular weight is 128 g/mol. The van der Waals surface area contributed by atoms with E-state index in [-0.39, 0.29) is 0 Å². The second-order valence-electron chi connectivity index (χ2n) is 4.19. The van der Waals surface area contributed by atoms with E-state index in [1.165, 1.54) is 6.42 Å².